The molecule has 1 aromatic rings. The van der Waals surface area contributed by atoms with E-state index < -0.39 is 0 Å². The molecule has 0 nitrogen and oxygen atoms in total. The molecule has 0 unspecified atom stereocenters. The van der Waals surface area contributed by atoms with E-state index in [2.05, 4.69) is 67.3 Å². The highest BCUT2D eigenvalue weighted by Crippen LogP contribution is 2.38. The second-order valence-corrected chi connectivity index (χ2v) is 6.21. The third-order valence-corrected chi connectivity index (χ3v) is 4.73. The fourth-order valence-corrected chi connectivity index (χ4v) is 3.57. The molecule has 0 fully saturated rings. The Morgan fingerprint density at radius 1 is 1.05 bits per heavy atom. The third kappa shape index (κ3) is 2.35. The quantitative estimate of drug-likeness (QED) is 0.663. The van der Waals surface area contributed by atoms with E-state index in [9.17, 15) is 0 Å². The van der Waals surface area contributed by atoms with Gasteiger partial charge in [0, 0.05) is 0 Å². The lowest BCUT2D eigenvalue weighted by atomic mass is 9.92. The first kappa shape index (κ1) is 13.3. The molecule has 4 rings (SSSR count). The Balaban J connectivity index is 1.53. The number of rotatable bonds is 4. The Morgan fingerprint density at radius 3 is 2.77 bits per heavy atom. The van der Waals surface area contributed by atoms with Crippen molar-refractivity contribution in [2.75, 3.05) is 0 Å². The van der Waals surface area contributed by atoms with Crippen molar-refractivity contribution in [1.82, 2.24) is 0 Å². The number of hydrogen-bond acceptors (Lipinski definition) is 0. The highest BCUT2D eigenvalue weighted by molar-refractivity contribution is 5.72. The maximum absolute atomic E-state index is 4.29. The Bertz CT molecular complexity index is 791. The largest absolute Gasteiger partial charge is 0.0949 e. The van der Waals surface area contributed by atoms with E-state index in [-0.39, 0.29) is 0 Å². The zero-order valence-corrected chi connectivity index (χ0v) is 12.8. The van der Waals surface area contributed by atoms with E-state index in [1.54, 1.807) is 0 Å². The molecule has 0 N–H and O–H groups in total. The van der Waals surface area contributed by atoms with Gasteiger partial charge < -0.3 is 0 Å². The average Bonchev–Trinajstić information content (AvgIpc) is 3.26. The minimum atomic E-state index is 0.968. The van der Waals surface area contributed by atoms with Gasteiger partial charge in [0.25, 0.3) is 0 Å². The van der Waals surface area contributed by atoms with Crippen LogP contribution in [-0.4, -0.2) is 0 Å². The zero-order chi connectivity index (χ0) is 14.9. The minimum Gasteiger partial charge on any atom is -0.0949 e. The Morgan fingerprint density at radius 2 is 1.95 bits per heavy atom. The maximum Gasteiger partial charge on any atom is -0.00137 e. The van der Waals surface area contributed by atoms with Gasteiger partial charge in [0.05, 0.1) is 0 Å². The summed E-state index contributed by atoms with van der Waals surface area (Å²) in [6.07, 6.45) is 17.9. The number of allylic oxidation sites excluding steroid dienone is 10. The van der Waals surface area contributed by atoms with Gasteiger partial charge in [0.1, 0.15) is 0 Å². The first-order valence-corrected chi connectivity index (χ1v) is 8.04. The topological polar surface area (TPSA) is 0 Å². The lowest BCUT2D eigenvalue weighted by molar-refractivity contribution is 1.13. The van der Waals surface area contributed by atoms with Gasteiger partial charge in [-0.2, -0.15) is 0 Å². The van der Waals surface area contributed by atoms with E-state index in [1.165, 1.54) is 39.0 Å². The summed E-state index contributed by atoms with van der Waals surface area (Å²) in [6, 6.07) is 8.72. The molecule has 108 valence electrons. The lowest BCUT2D eigenvalue weighted by Crippen LogP contribution is -1.95. The average molecular weight is 284 g/mol. The molecule has 0 amide bonds. The molecule has 0 bridgehead atoms. The van der Waals surface area contributed by atoms with Crippen LogP contribution in [0.1, 0.15) is 30.4 Å². The van der Waals surface area contributed by atoms with E-state index in [1.807, 2.05) is 0 Å². The monoisotopic (exact) mass is 284 g/mol. The van der Waals surface area contributed by atoms with Crippen molar-refractivity contribution < 1.29 is 0 Å². The van der Waals surface area contributed by atoms with Crippen LogP contribution in [0.15, 0.2) is 89.1 Å². The van der Waals surface area contributed by atoms with Gasteiger partial charge in [0.15, 0.2) is 0 Å². The second kappa shape index (κ2) is 5.46. The van der Waals surface area contributed by atoms with Gasteiger partial charge in [-0.25, -0.2) is 0 Å². The third-order valence-electron chi connectivity index (χ3n) is 4.73. The molecule has 22 heavy (non-hydrogen) atoms. The molecule has 0 saturated carbocycles. The number of fused-ring (bicyclic) bond motifs is 1. The number of hydrogen-bond donors (Lipinski definition) is 0. The molecule has 0 aromatic heterocycles. The van der Waals surface area contributed by atoms with Gasteiger partial charge in [-0.15, -0.1) is 0 Å². The molecular weight excluding hydrogens is 264 g/mol. The Kier molecular flexibility index (Phi) is 3.31. The standard InChI is InChI=1S/C22H20/c1-16(17-7-2-3-8-17)13-20-11-6-12-22(20)21-14-18-9-4-5-10-19(18)15-21/h2,4-5,7-12,14H,1,3,6,13,15H2. The fraction of sp³-hybridized carbons (Fsp3) is 0.182. The van der Waals surface area contributed by atoms with Crippen LogP contribution in [0, 0.1) is 0 Å². The van der Waals surface area contributed by atoms with Gasteiger partial charge in [-0.1, -0.05) is 67.3 Å². The van der Waals surface area contributed by atoms with Gasteiger partial charge in [-0.3, -0.25) is 0 Å². The lowest BCUT2D eigenvalue weighted by Gasteiger charge is -2.12. The van der Waals surface area contributed by atoms with Crippen LogP contribution in [0.2, 0.25) is 0 Å². The molecular formula is C22H20. The predicted octanol–water partition coefficient (Wildman–Crippen LogP) is 5.72. The Labute approximate surface area is 132 Å². The normalized spacial score (nSPS) is 18.7. The highest BCUT2D eigenvalue weighted by Gasteiger charge is 2.20. The summed E-state index contributed by atoms with van der Waals surface area (Å²) >= 11 is 0. The van der Waals surface area contributed by atoms with Crippen molar-refractivity contribution in [3.63, 3.8) is 0 Å². The van der Waals surface area contributed by atoms with Gasteiger partial charge >= 0.3 is 0 Å². The van der Waals surface area contributed by atoms with Crippen LogP contribution in [0.25, 0.3) is 6.08 Å². The molecule has 3 aliphatic carbocycles. The Hall–Kier alpha value is -2.34. The summed E-state index contributed by atoms with van der Waals surface area (Å²) in [5, 5.41) is 0. The van der Waals surface area contributed by atoms with Gasteiger partial charge in [-0.05, 0) is 64.7 Å². The summed E-state index contributed by atoms with van der Waals surface area (Å²) in [5.41, 5.74) is 9.74. The molecule has 3 aliphatic rings. The summed E-state index contributed by atoms with van der Waals surface area (Å²) in [5.74, 6) is 0. The smallest absolute Gasteiger partial charge is 0.00137 e. The molecule has 0 heterocycles. The fourth-order valence-electron chi connectivity index (χ4n) is 3.57. The first-order valence-electron chi connectivity index (χ1n) is 8.04. The summed E-state index contributed by atoms with van der Waals surface area (Å²) in [4.78, 5) is 0. The van der Waals surface area contributed by atoms with Crippen LogP contribution in [0.5, 0.6) is 0 Å². The second-order valence-electron chi connectivity index (χ2n) is 6.21. The molecule has 0 radical (unpaired) electrons. The molecule has 0 aliphatic heterocycles. The van der Waals surface area contributed by atoms with E-state index in [4.69, 9.17) is 0 Å². The summed E-state index contributed by atoms with van der Waals surface area (Å²) in [7, 11) is 0. The SMILES string of the molecule is C=C(CC1=CCC=C1C1=Cc2ccccc2C1)C1=CCC=C1. The van der Waals surface area contributed by atoms with Crippen LogP contribution >= 0.6 is 0 Å². The summed E-state index contributed by atoms with van der Waals surface area (Å²) in [6.45, 7) is 4.29. The van der Waals surface area contributed by atoms with E-state index in [0.717, 1.165) is 25.7 Å². The molecule has 0 spiro atoms. The molecule has 1 aromatic carbocycles. The van der Waals surface area contributed by atoms with Crippen LogP contribution < -0.4 is 0 Å². The van der Waals surface area contributed by atoms with Crippen LogP contribution in [-0.2, 0) is 6.42 Å². The zero-order valence-electron chi connectivity index (χ0n) is 12.8. The maximum atomic E-state index is 4.29. The van der Waals surface area contributed by atoms with Crippen molar-refractivity contribution in [3.8, 4) is 0 Å². The van der Waals surface area contributed by atoms with Crippen molar-refractivity contribution >= 4 is 6.08 Å². The first-order chi connectivity index (χ1) is 10.8. The predicted molar refractivity (Wildman–Crippen MR) is 94.5 cm³/mol. The number of benzene rings is 1. The molecule has 0 heteroatoms. The molecule has 0 saturated heterocycles. The van der Waals surface area contributed by atoms with Crippen molar-refractivity contribution in [1.29, 1.82) is 0 Å². The van der Waals surface area contributed by atoms with Gasteiger partial charge in [0.2, 0.25) is 0 Å². The molecule has 0 atom stereocenters. The summed E-state index contributed by atoms with van der Waals surface area (Å²) < 4.78 is 0. The van der Waals surface area contributed by atoms with Crippen LogP contribution in [0.4, 0.5) is 0 Å². The van der Waals surface area contributed by atoms with Crippen molar-refractivity contribution in [2.45, 2.75) is 25.7 Å². The van der Waals surface area contributed by atoms with E-state index in [0.29, 0.717) is 0 Å². The van der Waals surface area contributed by atoms with Crippen LogP contribution in [0.3, 0.4) is 0 Å². The van der Waals surface area contributed by atoms with Crippen molar-refractivity contribution in [3.05, 3.63) is 100 Å². The van der Waals surface area contributed by atoms with Crippen molar-refractivity contribution in [2.24, 2.45) is 0 Å². The van der Waals surface area contributed by atoms with E-state index >= 15 is 0 Å². The highest BCUT2D eigenvalue weighted by atomic mass is 14.2. The minimum absolute atomic E-state index is 0.968.